The fraction of sp³-hybridized carbons (Fsp3) is 0.0625. The van der Waals surface area contributed by atoms with E-state index in [0.29, 0.717) is 0 Å². The number of hydrogen-bond donors (Lipinski definition) is 0. The van der Waals surface area contributed by atoms with Crippen molar-refractivity contribution in [2.75, 3.05) is 7.11 Å². The Morgan fingerprint density at radius 2 is 1.79 bits per heavy atom. The molecule has 3 heteroatoms. The van der Waals surface area contributed by atoms with Gasteiger partial charge in [-0.1, -0.05) is 35.9 Å². The highest BCUT2D eigenvalue weighted by atomic mass is 35.5. The lowest BCUT2D eigenvalue weighted by Gasteiger charge is -1.98. The lowest BCUT2D eigenvalue weighted by atomic mass is 10.2. The summed E-state index contributed by atoms with van der Waals surface area (Å²) in [5, 5.41) is 0.733. The predicted octanol–water partition coefficient (Wildman–Crippen LogP) is 4.76. The summed E-state index contributed by atoms with van der Waals surface area (Å²) in [6.45, 7) is 0. The molecule has 0 atom stereocenters. The number of aliphatic imine (C=N–C) groups is 1. The number of ether oxygens (including phenoxy) is 1. The molecular formula is C16H14ClNO. The van der Waals surface area contributed by atoms with E-state index in [1.54, 1.807) is 13.3 Å². The van der Waals surface area contributed by atoms with Gasteiger partial charge < -0.3 is 4.74 Å². The smallest absolute Gasteiger partial charge is 0.119 e. The highest BCUT2D eigenvalue weighted by Crippen LogP contribution is 2.18. The summed E-state index contributed by atoms with van der Waals surface area (Å²) in [5.41, 5.74) is 1.86. The van der Waals surface area contributed by atoms with Crippen molar-refractivity contribution in [3.8, 4) is 5.75 Å². The van der Waals surface area contributed by atoms with Gasteiger partial charge in [0.1, 0.15) is 5.75 Å². The van der Waals surface area contributed by atoms with Crippen LogP contribution < -0.4 is 4.74 Å². The summed E-state index contributed by atoms with van der Waals surface area (Å²) in [4.78, 5) is 4.32. The number of rotatable bonds is 4. The second-order valence-electron chi connectivity index (χ2n) is 3.86. The van der Waals surface area contributed by atoms with Gasteiger partial charge in [-0.25, -0.2) is 0 Å². The fourth-order valence-corrected chi connectivity index (χ4v) is 1.75. The van der Waals surface area contributed by atoms with E-state index in [-0.39, 0.29) is 0 Å². The first-order valence-electron chi connectivity index (χ1n) is 5.89. The zero-order chi connectivity index (χ0) is 13.5. The molecule has 0 aliphatic carbocycles. The van der Waals surface area contributed by atoms with Gasteiger partial charge in [0.15, 0.2) is 0 Å². The first kappa shape index (κ1) is 13.4. The topological polar surface area (TPSA) is 21.6 Å². The molecule has 0 unspecified atom stereocenters. The summed E-state index contributed by atoms with van der Waals surface area (Å²) in [6, 6.07) is 15.2. The second kappa shape index (κ2) is 6.76. The quantitative estimate of drug-likeness (QED) is 0.735. The number of allylic oxidation sites excluding steroid dienone is 1. The highest BCUT2D eigenvalue weighted by Gasteiger charge is 1.92. The Morgan fingerprint density at radius 1 is 1.05 bits per heavy atom. The Hall–Kier alpha value is -2.06. The molecule has 0 heterocycles. The zero-order valence-electron chi connectivity index (χ0n) is 10.6. The van der Waals surface area contributed by atoms with Crippen LogP contribution in [-0.2, 0) is 0 Å². The van der Waals surface area contributed by atoms with Crippen molar-refractivity contribution in [3.05, 3.63) is 65.2 Å². The lowest BCUT2D eigenvalue weighted by molar-refractivity contribution is 0.415. The molecule has 2 nitrogen and oxygen atoms in total. The van der Waals surface area contributed by atoms with E-state index in [4.69, 9.17) is 16.3 Å². The van der Waals surface area contributed by atoms with E-state index in [1.807, 2.05) is 60.7 Å². The minimum Gasteiger partial charge on any atom is -0.497 e. The van der Waals surface area contributed by atoms with Crippen molar-refractivity contribution in [2.45, 2.75) is 0 Å². The number of halogens is 1. The van der Waals surface area contributed by atoms with E-state index >= 15 is 0 Å². The Bertz CT molecular complexity index is 588. The summed E-state index contributed by atoms with van der Waals surface area (Å²) >= 11 is 6.04. The Kier molecular flexibility index (Phi) is 4.76. The normalized spacial score (nSPS) is 11.3. The largest absolute Gasteiger partial charge is 0.497 e. The molecule has 0 saturated carbocycles. The van der Waals surface area contributed by atoms with Crippen LogP contribution in [-0.4, -0.2) is 13.3 Å². The van der Waals surface area contributed by atoms with Gasteiger partial charge in [0.05, 0.1) is 12.8 Å². The molecule has 2 aromatic rings. The summed E-state index contributed by atoms with van der Waals surface area (Å²) in [5.74, 6) is 0.825. The van der Waals surface area contributed by atoms with Gasteiger partial charge in [-0.05, 0) is 42.0 Å². The standard InChI is InChI=1S/C16H14ClNO/c1-19-15-10-8-14(9-11-15)18-12-4-6-13-5-2-3-7-16(13)17/h2-12H,1H3/b6-4+,18-12?. The van der Waals surface area contributed by atoms with Crippen molar-refractivity contribution < 1.29 is 4.74 Å². The Morgan fingerprint density at radius 3 is 2.47 bits per heavy atom. The van der Waals surface area contributed by atoms with Gasteiger partial charge in [0.2, 0.25) is 0 Å². The molecule has 0 bridgehead atoms. The average molecular weight is 272 g/mol. The first-order valence-corrected chi connectivity index (χ1v) is 6.27. The van der Waals surface area contributed by atoms with Crippen LogP contribution in [0.2, 0.25) is 5.02 Å². The minimum absolute atomic E-state index is 0.733. The molecule has 0 amide bonds. The van der Waals surface area contributed by atoms with Gasteiger partial charge in [0.25, 0.3) is 0 Å². The van der Waals surface area contributed by atoms with Crippen LogP contribution in [0.3, 0.4) is 0 Å². The van der Waals surface area contributed by atoms with Crippen LogP contribution in [0, 0.1) is 0 Å². The molecule has 2 rings (SSSR count). The molecule has 2 aromatic carbocycles. The average Bonchev–Trinajstić information content (AvgIpc) is 2.46. The molecule has 19 heavy (non-hydrogen) atoms. The summed E-state index contributed by atoms with van der Waals surface area (Å²) in [7, 11) is 1.64. The third kappa shape index (κ3) is 3.97. The second-order valence-corrected chi connectivity index (χ2v) is 4.26. The van der Waals surface area contributed by atoms with Crippen molar-refractivity contribution in [2.24, 2.45) is 4.99 Å². The highest BCUT2D eigenvalue weighted by molar-refractivity contribution is 6.32. The van der Waals surface area contributed by atoms with Gasteiger partial charge in [-0.15, -0.1) is 0 Å². The maximum Gasteiger partial charge on any atom is 0.119 e. The zero-order valence-corrected chi connectivity index (χ0v) is 11.3. The van der Waals surface area contributed by atoms with Crippen LogP contribution in [0.5, 0.6) is 5.75 Å². The van der Waals surface area contributed by atoms with E-state index < -0.39 is 0 Å². The predicted molar refractivity (Wildman–Crippen MR) is 81.6 cm³/mol. The molecule has 96 valence electrons. The number of hydrogen-bond acceptors (Lipinski definition) is 2. The summed E-state index contributed by atoms with van der Waals surface area (Å²) < 4.78 is 5.09. The molecular weight excluding hydrogens is 258 g/mol. The first-order chi connectivity index (χ1) is 9.29. The van der Waals surface area contributed by atoms with Gasteiger partial charge in [0, 0.05) is 11.2 Å². The summed E-state index contributed by atoms with van der Waals surface area (Å²) in [6.07, 6.45) is 5.53. The van der Waals surface area contributed by atoms with Crippen molar-refractivity contribution in [3.63, 3.8) is 0 Å². The SMILES string of the molecule is COc1ccc(N=C/C=C/c2ccccc2Cl)cc1. The molecule has 0 aromatic heterocycles. The maximum atomic E-state index is 6.04. The van der Waals surface area contributed by atoms with Crippen molar-refractivity contribution in [1.29, 1.82) is 0 Å². The molecule has 0 fully saturated rings. The van der Waals surface area contributed by atoms with Gasteiger partial charge in [-0.3, -0.25) is 4.99 Å². The van der Waals surface area contributed by atoms with Gasteiger partial charge >= 0.3 is 0 Å². The van der Waals surface area contributed by atoms with Crippen LogP contribution in [0.1, 0.15) is 5.56 Å². The van der Waals surface area contributed by atoms with Crippen LogP contribution in [0.4, 0.5) is 5.69 Å². The van der Waals surface area contributed by atoms with Crippen LogP contribution in [0.25, 0.3) is 6.08 Å². The van der Waals surface area contributed by atoms with E-state index in [2.05, 4.69) is 4.99 Å². The molecule has 0 radical (unpaired) electrons. The number of methoxy groups -OCH3 is 1. The van der Waals surface area contributed by atoms with Crippen molar-refractivity contribution >= 4 is 29.6 Å². The van der Waals surface area contributed by atoms with E-state index in [0.717, 1.165) is 22.0 Å². The minimum atomic E-state index is 0.733. The Labute approximate surface area is 118 Å². The number of nitrogens with zero attached hydrogens (tertiary/aromatic N) is 1. The van der Waals surface area contributed by atoms with E-state index in [1.165, 1.54) is 0 Å². The third-order valence-corrected chi connectivity index (χ3v) is 2.91. The molecule has 0 spiro atoms. The van der Waals surface area contributed by atoms with Gasteiger partial charge in [-0.2, -0.15) is 0 Å². The van der Waals surface area contributed by atoms with Crippen LogP contribution >= 0.6 is 11.6 Å². The van der Waals surface area contributed by atoms with Crippen molar-refractivity contribution in [1.82, 2.24) is 0 Å². The van der Waals surface area contributed by atoms with Crippen LogP contribution in [0.15, 0.2) is 59.6 Å². The molecule has 0 aliphatic heterocycles. The number of benzene rings is 2. The monoisotopic (exact) mass is 271 g/mol. The van der Waals surface area contributed by atoms with E-state index in [9.17, 15) is 0 Å². The molecule has 0 N–H and O–H groups in total. The molecule has 0 aliphatic rings. The maximum absolute atomic E-state index is 6.04. The Balaban J connectivity index is 2.01. The third-order valence-electron chi connectivity index (χ3n) is 2.56. The fourth-order valence-electron chi connectivity index (χ4n) is 1.55. The molecule has 0 saturated heterocycles. The lowest BCUT2D eigenvalue weighted by Crippen LogP contribution is -1.79.